The largest absolute Gasteiger partial charge is 0.476 e. The Labute approximate surface area is 87.0 Å². The van der Waals surface area contributed by atoms with Crippen LogP contribution in [0.4, 0.5) is 0 Å². The van der Waals surface area contributed by atoms with Gasteiger partial charge in [-0.25, -0.2) is 9.78 Å². The third-order valence-corrected chi connectivity index (χ3v) is 3.15. The average Bonchev–Trinajstić information content (AvgIpc) is 2.48. The van der Waals surface area contributed by atoms with E-state index in [9.17, 15) is 4.79 Å². The smallest absolute Gasteiger partial charge is 0.355 e. The molecule has 0 bridgehead atoms. The van der Waals surface area contributed by atoms with Gasteiger partial charge in [-0.15, -0.1) is 11.3 Å². The molecule has 0 saturated carbocycles. The van der Waals surface area contributed by atoms with Gasteiger partial charge in [-0.1, -0.05) is 6.92 Å². The van der Waals surface area contributed by atoms with E-state index in [0.29, 0.717) is 0 Å². The molecule has 0 aromatic carbocycles. The van der Waals surface area contributed by atoms with Crippen molar-refractivity contribution >= 4 is 17.3 Å². The first-order valence-electron chi connectivity index (χ1n) is 4.41. The van der Waals surface area contributed by atoms with Crippen LogP contribution in [0.25, 0.3) is 0 Å². The number of hydrogen-bond acceptors (Lipinski definition) is 4. The van der Waals surface area contributed by atoms with Crippen LogP contribution in [0.3, 0.4) is 0 Å². The van der Waals surface area contributed by atoms with Crippen LogP contribution in [0.5, 0.6) is 0 Å². The van der Waals surface area contributed by atoms with E-state index in [0.717, 1.165) is 16.4 Å². The minimum Gasteiger partial charge on any atom is -0.476 e. The van der Waals surface area contributed by atoms with Crippen LogP contribution in [0.1, 0.15) is 33.2 Å². The maximum atomic E-state index is 10.7. The number of hydrogen-bond donors (Lipinski definition) is 2. The predicted molar refractivity (Wildman–Crippen MR) is 56.2 cm³/mol. The second kappa shape index (κ2) is 4.52. The van der Waals surface area contributed by atoms with Crippen molar-refractivity contribution < 1.29 is 9.90 Å². The van der Waals surface area contributed by atoms with Gasteiger partial charge in [0.1, 0.15) is 0 Å². The molecule has 0 aliphatic rings. The number of aryl methyl sites for hydroxylation is 1. The number of thiazole rings is 1. The van der Waals surface area contributed by atoms with Crippen molar-refractivity contribution in [2.24, 2.45) is 0 Å². The molecule has 0 fully saturated rings. The van der Waals surface area contributed by atoms with E-state index >= 15 is 0 Å². The summed E-state index contributed by atoms with van der Waals surface area (Å²) >= 11 is 1.46. The van der Waals surface area contributed by atoms with Gasteiger partial charge in [0.2, 0.25) is 0 Å². The highest BCUT2D eigenvalue weighted by Gasteiger charge is 2.17. The lowest BCUT2D eigenvalue weighted by Crippen LogP contribution is -2.14. The zero-order chi connectivity index (χ0) is 10.7. The van der Waals surface area contributed by atoms with Crippen molar-refractivity contribution in [2.75, 3.05) is 13.6 Å². The Morgan fingerprint density at radius 2 is 2.36 bits per heavy atom. The summed E-state index contributed by atoms with van der Waals surface area (Å²) in [5.74, 6) is -0.682. The molecule has 1 atom stereocenters. The van der Waals surface area contributed by atoms with E-state index < -0.39 is 5.97 Å². The van der Waals surface area contributed by atoms with Crippen LogP contribution in [0, 0.1) is 6.92 Å². The number of nitrogens with zero attached hydrogens (tertiary/aromatic N) is 1. The Hall–Kier alpha value is -0.940. The van der Waals surface area contributed by atoms with Gasteiger partial charge >= 0.3 is 5.97 Å². The fourth-order valence-electron chi connectivity index (χ4n) is 1.22. The van der Waals surface area contributed by atoms with Gasteiger partial charge in [0.15, 0.2) is 5.69 Å². The van der Waals surface area contributed by atoms with Gasteiger partial charge in [0.25, 0.3) is 0 Å². The van der Waals surface area contributed by atoms with Crippen LogP contribution in [0.15, 0.2) is 0 Å². The highest BCUT2D eigenvalue weighted by atomic mass is 32.1. The number of carboxylic acids is 1. The molecular weight excluding hydrogens is 200 g/mol. The molecule has 0 aliphatic heterocycles. The molecule has 0 aliphatic carbocycles. The Bertz CT molecular complexity index is 336. The molecule has 0 amide bonds. The summed E-state index contributed by atoms with van der Waals surface area (Å²) in [4.78, 5) is 15.6. The van der Waals surface area contributed by atoms with Crippen molar-refractivity contribution in [3.05, 3.63) is 15.6 Å². The molecule has 5 heteroatoms. The summed E-state index contributed by atoms with van der Waals surface area (Å²) < 4.78 is 0. The monoisotopic (exact) mass is 214 g/mol. The van der Waals surface area contributed by atoms with E-state index in [4.69, 9.17) is 5.11 Å². The fourth-order valence-corrected chi connectivity index (χ4v) is 2.18. The number of aromatic nitrogens is 1. The first kappa shape index (κ1) is 11.1. The third-order valence-electron chi connectivity index (χ3n) is 1.95. The quantitative estimate of drug-likeness (QED) is 0.796. The molecule has 1 heterocycles. The van der Waals surface area contributed by atoms with Crippen LogP contribution in [-0.4, -0.2) is 29.7 Å². The minimum atomic E-state index is -0.943. The molecule has 0 radical (unpaired) electrons. The number of likely N-dealkylation sites (N-methyl/N-ethyl adjacent to an activating group) is 1. The lowest BCUT2D eigenvalue weighted by Gasteiger charge is -2.05. The highest BCUT2D eigenvalue weighted by Crippen LogP contribution is 2.23. The van der Waals surface area contributed by atoms with Crippen molar-refractivity contribution in [1.82, 2.24) is 10.3 Å². The zero-order valence-corrected chi connectivity index (χ0v) is 9.31. The summed E-state index contributed by atoms with van der Waals surface area (Å²) in [7, 11) is 1.87. The van der Waals surface area contributed by atoms with E-state index in [1.807, 2.05) is 14.0 Å². The van der Waals surface area contributed by atoms with Crippen molar-refractivity contribution in [3.8, 4) is 0 Å². The topological polar surface area (TPSA) is 62.2 Å². The number of rotatable bonds is 4. The van der Waals surface area contributed by atoms with Crippen molar-refractivity contribution in [2.45, 2.75) is 19.8 Å². The molecule has 1 aromatic rings. The van der Waals surface area contributed by atoms with Gasteiger partial charge in [-0.05, 0) is 14.0 Å². The molecule has 1 unspecified atom stereocenters. The number of nitrogens with one attached hydrogen (secondary N) is 1. The summed E-state index contributed by atoms with van der Waals surface area (Å²) in [6, 6.07) is 0. The van der Waals surface area contributed by atoms with Gasteiger partial charge in [0.05, 0.1) is 5.01 Å². The molecule has 0 spiro atoms. The fraction of sp³-hybridized carbons (Fsp3) is 0.556. The van der Waals surface area contributed by atoms with E-state index in [-0.39, 0.29) is 11.6 Å². The normalized spacial score (nSPS) is 12.8. The average molecular weight is 214 g/mol. The van der Waals surface area contributed by atoms with E-state index in [1.54, 1.807) is 6.92 Å². The third kappa shape index (κ3) is 2.30. The lowest BCUT2D eigenvalue weighted by molar-refractivity contribution is 0.0690. The molecule has 4 nitrogen and oxygen atoms in total. The summed E-state index contributed by atoms with van der Waals surface area (Å²) in [6.45, 7) is 4.63. The minimum absolute atomic E-state index is 0.188. The van der Waals surface area contributed by atoms with Crippen LogP contribution in [0.2, 0.25) is 0 Å². The van der Waals surface area contributed by atoms with Crippen LogP contribution >= 0.6 is 11.3 Å². The molecule has 0 saturated heterocycles. The van der Waals surface area contributed by atoms with Crippen molar-refractivity contribution in [3.63, 3.8) is 0 Å². The number of aromatic carboxylic acids is 1. The molecular formula is C9H14N2O2S. The van der Waals surface area contributed by atoms with Gasteiger partial charge in [-0.3, -0.25) is 0 Å². The first-order chi connectivity index (χ1) is 6.56. The van der Waals surface area contributed by atoms with Crippen LogP contribution < -0.4 is 5.32 Å². The SMILES string of the molecule is CNCC(C)c1nc(C(=O)O)c(C)s1. The first-order valence-corrected chi connectivity index (χ1v) is 5.23. The van der Waals surface area contributed by atoms with Crippen molar-refractivity contribution in [1.29, 1.82) is 0 Å². The summed E-state index contributed by atoms with van der Waals surface area (Å²) in [5, 5.41) is 12.7. The van der Waals surface area contributed by atoms with Gasteiger partial charge in [0, 0.05) is 17.3 Å². The number of carbonyl (C=O) groups is 1. The molecule has 1 rings (SSSR count). The van der Waals surface area contributed by atoms with Gasteiger partial charge in [-0.2, -0.15) is 0 Å². The second-order valence-electron chi connectivity index (χ2n) is 3.22. The Kier molecular flexibility index (Phi) is 3.60. The standard InChI is InChI=1S/C9H14N2O2S/c1-5(4-10-3)8-11-7(9(12)13)6(2)14-8/h5,10H,4H2,1-3H3,(H,12,13). The molecule has 14 heavy (non-hydrogen) atoms. The van der Waals surface area contributed by atoms with Crippen LogP contribution in [-0.2, 0) is 0 Å². The number of carboxylic acid groups (broad SMARTS) is 1. The van der Waals surface area contributed by atoms with Gasteiger partial charge < -0.3 is 10.4 Å². The Balaban J connectivity index is 2.90. The summed E-state index contributed by atoms with van der Waals surface area (Å²) in [6.07, 6.45) is 0. The second-order valence-corrected chi connectivity index (χ2v) is 4.46. The maximum Gasteiger partial charge on any atom is 0.355 e. The lowest BCUT2D eigenvalue weighted by atomic mass is 10.2. The van der Waals surface area contributed by atoms with E-state index in [1.165, 1.54) is 11.3 Å². The molecule has 1 aromatic heterocycles. The zero-order valence-electron chi connectivity index (χ0n) is 8.50. The highest BCUT2D eigenvalue weighted by molar-refractivity contribution is 7.11. The summed E-state index contributed by atoms with van der Waals surface area (Å²) in [5.41, 5.74) is 0.188. The van der Waals surface area contributed by atoms with E-state index in [2.05, 4.69) is 10.3 Å². The molecule has 2 N–H and O–H groups in total. The maximum absolute atomic E-state index is 10.7. The predicted octanol–water partition coefficient (Wildman–Crippen LogP) is 1.47. The molecule has 78 valence electrons. The Morgan fingerprint density at radius 3 is 2.79 bits per heavy atom. The Morgan fingerprint density at radius 1 is 1.71 bits per heavy atom.